The summed E-state index contributed by atoms with van der Waals surface area (Å²) in [7, 11) is 3.20. The monoisotopic (exact) mass is 491 g/mol. The summed E-state index contributed by atoms with van der Waals surface area (Å²) in [4.78, 5) is 14.9. The molecule has 3 aromatic carbocycles. The SMILES string of the molecule is COc1ccc(CCN(CC(O)c2ccc(OCc3ccccc3)cc2)C(=O)C(C)(C)C)cc1OC. The van der Waals surface area contributed by atoms with Crippen LogP contribution >= 0.6 is 0 Å². The number of aliphatic hydroxyl groups excluding tert-OH is 1. The Morgan fingerprint density at radius 3 is 2.17 bits per heavy atom. The summed E-state index contributed by atoms with van der Waals surface area (Å²) in [5.74, 6) is 2.03. The molecule has 0 aliphatic rings. The zero-order valence-corrected chi connectivity index (χ0v) is 21.9. The molecule has 3 rings (SSSR count). The number of carbonyl (C=O) groups excluding carboxylic acids is 1. The lowest BCUT2D eigenvalue weighted by Gasteiger charge is -2.31. The Kier molecular flexibility index (Phi) is 9.37. The first-order valence-corrected chi connectivity index (χ1v) is 12.2. The van der Waals surface area contributed by atoms with Crippen molar-refractivity contribution in [3.8, 4) is 17.2 Å². The molecule has 0 aliphatic heterocycles. The summed E-state index contributed by atoms with van der Waals surface area (Å²) in [5.41, 5.74) is 2.29. The van der Waals surface area contributed by atoms with Gasteiger partial charge in [-0.25, -0.2) is 0 Å². The molecule has 1 unspecified atom stereocenters. The van der Waals surface area contributed by atoms with Gasteiger partial charge >= 0.3 is 0 Å². The molecule has 36 heavy (non-hydrogen) atoms. The van der Waals surface area contributed by atoms with E-state index >= 15 is 0 Å². The van der Waals surface area contributed by atoms with Gasteiger partial charge in [0, 0.05) is 12.0 Å². The smallest absolute Gasteiger partial charge is 0.228 e. The van der Waals surface area contributed by atoms with Crippen LogP contribution in [0.4, 0.5) is 0 Å². The molecule has 1 N–H and O–H groups in total. The maximum absolute atomic E-state index is 13.2. The molecule has 3 aromatic rings. The van der Waals surface area contributed by atoms with Crippen molar-refractivity contribution in [2.75, 3.05) is 27.3 Å². The van der Waals surface area contributed by atoms with Crippen LogP contribution in [0.1, 0.15) is 43.6 Å². The Hall–Kier alpha value is -3.51. The van der Waals surface area contributed by atoms with E-state index in [-0.39, 0.29) is 12.5 Å². The van der Waals surface area contributed by atoms with Crippen LogP contribution in [-0.2, 0) is 17.8 Å². The van der Waals surface area contributed by atoms with Gasteiger partial charge in [-0.2, -0.15) is 0 Å². The second-order valence-electron chi connectivity index (χ2n) is 9.80. The van der Waals surface area contributed by atoms with Crippen molar-refractivity contribution in [3.05, 3.63) is 89.5 Å². The molecule has 0 bridgehead atoms. The van der Waals surface area contributed by atoms with Gasteiger partial charge in [-0.05, 0) is 47.4 Å². The van der Waals surface area contributed by atoms with Crippen molar-refractivity contribution in [1.29, 1.82) is 0 Å². The number of amides is 1. The fourth-order valence-corrected chi connectivity index (χ4v) is 3.89. The highest BCUT2D eigenvalue weighted by atomic mass is 16.5. The first kappa shape index (κ1) is 27.1. The highest BCUT2D eigenvalue weighted by Gasteiger charge is 2.29. The Morgan fingerprint density at radius 2 is 1.56 bits per heavy atom. The van der Waals surface area contributed by atoms with Crippen molar-refractivity contribution in [2.24, 2.45) is 5.41 Å². The van der Waals surface area contributed by atoms with E-state index in [9.17, 15) is 9.90 Å². The van der Waals surface area contributed by atoms with Crippen LogP contribution in [-0.4, -0.2) is 43.2 Å². The molecule has 6 nitrogen and oxygen atoms in total. The number of rotatable bonds is 11. The molecule has 0 heterocycles. The predicted molar refractivity (Wildman–Crippen MR) is 141 cm³/mol. The average molecular weight is 492 g/mol. The van der Waals surface area contributed by atoms with E-state index in [4.69, 9.17) is 14.2 Å². The molecular weight excluding hydrogens is 454 g/mol. The van der Waals surface area contributed by atoms with E-state index in [0.717, 1.165) is 22.4 Å². The summed E-state index contributed by atoms with van der Waals surface area (Å²) in [6.07, 6.45) is -0.189. The molecule has 0 saturated carbocycles. The lowest BCUT2D eigenvalue weighted by Crippen LogP contribution is -2.42. The summed E-state index contributed by atoms with van der Waals surface area (Å²) < 4.78 is 16.6. The van der Waals surface area contributed by atoms with Crippen molar-refractivity contribution >= 4 is 5.91 Å². The van der Waals surface area contributed by atoms with Crippen molar-refractivity contribution < 1.29 is 24.1 Å². The molecule has 0 aliphatic carbocycles. The maximum Gasteiger partial charge on any atom is 0.228 e. The largest absolute Gasteiger partial charge is 0.493 e. The minimum Gasteiger partial charge on any atom is -0.493 e. The van der Waals surface area contributed by atoms with Crippen LogP contribution < -0.4 is 14.2 Å². The zero-order chi connectivity index (χ0) is 26.1. The van der Waals surface area contributed by atoms with Gasteiger partial charge in [-0.15, -0.1) is 0 Å². The van der Waals surface area contributed by atoms with Crippen LogP contribution in [0, 0.1) is 5.41 Å². The highest BCUT2D eigenvalue weighted by Crippen LogP contribution is 2.28. The molecule has 1 amide bonds. The standard InChI is InChI=1S/C30H37NO5/c1-30(2,3)29(33)31(18-17-22-11-16-27(34-4)28(19-22)35-5)20-26(32)24-12-14-25(15-13-24)36-21-23-9-7-6-8-10-23/h6-16,19,26,32H,17-18,20-21H2,1-5H3. The fraction of sp³-hybridized carbons (Fsp3) is 0.367. The molecule has 0 spiro atoms. The minimum absolute atomic E-state index is 0.00941. The first-order chi connectivity index (χ1) is 17.2. The number of benzene rings is 3. The van der Waals surface area contributed by atoms with E-state index < -0.39 is 11.5 Å². The van der Waals surface area contributed by atoms with E-state index in [2.05, 4.69) is 0 Å². The number of hydrogen-bond donors (Lipinski definition) is 1. The summed E-state index contributed by atoms with van der Waals surface area (Å²) in [6, 6.07) is 23.1. The van der Waals surface area contributed by atoms with Gasteiger partial charge in [0.15, 0.2) is 11.5 Å². The number of hydrogen-bond acceptors (Lipinski definition) is 5. The highest BCUT2D eigenvalue weighted by molar-refractivity contribution is 5.81. The Morgan fingerprint density at radius 1 is 0.889 bits per heavy atom. The summed E-state index contributed by atoms with van der Waals surface area (Å²) in [6.45, 7) is 6.83. The third-order valence-electron chi connectivity index (χ3n) is 5.95. The maximum atomic E-state index is 13.2. The third-order valence-corrected chi connectivity index (χ3v) is 5.95. The zero-order valence-electron chi connectivity index (χ0n) is 21.9. The second kappa shape index (κ2) is 12.5. The number of ether oxygens (including phenoxy) is 3. The van der Waals surface area contributed by atoms with Gasteiger partial charge in [-0.3, -0.25) is 4.79 Å². The molecule has 6 heteroatoms. The second-order valence-corrected chi connectivity index (χ2v) is 9.80. The third kappa shape index (κ3) is 7.49. The van der Waals surface area contributed by atoms with Crippen molar-refractivity contribution in [2.45, 2.75) is 39.9 Å². The lowest BCUT2D eigenvalue weighted by atomic mass is 9.94. The molecule has 0 radical (unpaired) electrons. The van der Waals surface area contributed by atoms with Gasteiger partial charge in [0.1, 0.15) is 12.4 Å². The molecule has 0 fully saturated rings. The Labute approximate surface area is 214 Å². The summed E-state index contributed by atoms with van der Waals surface area (Å²) >= 11 is 0. The first-order valence-electron chi connectivity index (χ1n) is 12.2. The van der Waals surface area contributed by atoms with Crippen molar-refractivity contribution in [1.82, 2.24) is 4.90 Å². The topological polar surface area (TPSA) is 68.2 Å². The van der Waals surface area contributed by atoms with Crippen molar-refractivity contribution in [3.63, 3.8) is 0 Å². The number of nitrogens with zero attached hydrogens (tertiary/aromatic N) is 1. The van der Waals surface area contributed by atoms with Gasteiger partial charge in [-0.1, -0.05) is 69.3 Å². The quantitative estimate of drug-likeness (QED) is 0.387. The minimum atomic E-state index is -0.815. The normalized spacial score (nSPS) is 12.1. The van der Waals surface area contributed by atoms with Crippen LogP contribution in [0.3, 0.4) is 0 Å². The average Bonchev–Trinajstić information content (AvgIpc) is 2.89. The van der Waals surface area contributed by atoms with Gasteiger partial charge in [0.05, 0.1) is 26.9 Å². The number of aliphatic hydroxyl groups is 1. The number of methoxy groups -OCH3 is 2. The molecule has 1 atom stereocenters. The molecule has 192 valence electrons. The molecular formula is C30H37NO5. The lowest BCUT2D eigenvalue weighted by molar-refractivity contribution is -0.141. The van der Waals surface area contributed by atoms with E-state index in [1.54, 1.807) is 19.1 Å². The Balaban J connectivity index is 1.66. The Bertz CT molecular complexity index is 1110. The number of carbonyl (C=O) groups is 1. The molecule has 0 saturated heterocycles. The summed E-state index contributed by atoms with van der Waals surface area (Å²) in [5, 5.41) is 11.0. The van der Waals surface area contributed by atoms with E-state index in [1.165, 1.54) is 0 Å². The van der Waals surface area contributed by atoms with Gasteiger partial charge in [0.2, 0.25) is 5.91 Å². The molecule has 0 aromatic heterocycles. The van der Waals surface area contributed by atoms with E-state index in [1.807, 2.05) is 93.6 Å². The van der Waals surface area contributed by atoms with Crippen LogP contribution in [0.5, 0.6) is 17.2 Å². The van der Waals surface area contributed by atoms with Gasteiger partial charge in [0.25, 0.3) is 0 Å². The fourth-order valence-electron chi connectivity index (χ4n) is 3.89. The van der Waals surface area contributed by atoms with Crippen LogP contribution in [0.25, 0.3) is 0 Å². The predicted octanol–water partition coefficient (Wildman–Crippen LogP) is 5.43. The van der Waals surface area contributed by atoms with Gasteiger partial charge < -0.3 is 24.2 Å². The van der Waals surface area contributed by atoms with E-state index in [0.29, 0.717) is 31.1 Å². The van der Waals surface area contributed by atoms with Crippen LogP contribution in [0.15, 0.2) is 72.8 Å². The van der Waals surface area contributed by atoms with Crippen LogP contribution in [0.2, 0.25) is 0 Å².